The standard InChI is InChI=1S/C16H23N/c1-13-4-8-15(9-5-13)16-10-6-14(7-11-16)3-2-12-17/h2-3,6-7,10-11,13,15H,4-5,8-9,12,17H2,1H3/b3-2+. The van der Waals surface area contributed by atoms with Gasteiger partial charge in [-0.25, -0.2) is 0 Å². The van der Waals surface area contributed by atoms with E-state index >= 15 is 0 Å². The molecule has 92 valence electrons. The minimum atomic E-state index is 0.613. The van der Waals surface area contributed by atoms with Gasteiger partial charge in [0.1, 0.15) is 0 Å². The second kappa shape index (κ2) is 6.02. The Bertz CT molecular complexity index is 356. The second-order valence-electron chi connectivity index (χ2n) is 5.26. The molecule has 1 fully saturated rings. The fourth-order valence-corrected chi connectivity index (χ4v) is 2.68. The van der Waals surface area contributed by atoms with Crippen LogP contribution in [0.2, 0.25) is 0 Å². The molecule has 0 spiro atoms. The molecule has 1 aromatic rings. The van der Waals surface area contributed by atoms with Gasteiger partial charge in [-0.15, -0.1) is 0 Å². The van der Waals surface area contributed by atoms with Crippen LogP contribution in [0.5, 0.6) is 0 Å². The summed E-state index contributed by atoms with van der Waals surface area (Å²) >= 11 is 0. The van der Waals surface area contributed by atoms with Crippen LogP contribution in [0.1, 0.15) is 49.7 Å². The molecular formula is C16H23N. The third-order valence-corrected chi connectivity index (χ3v) is 3.87. The number of nitrogens with two attached hydrogens (primary N) is 1. The molecule has 0 heterocycles. The van der Waals surface area contributed by atoms with Crippen LogP contribution in [-0.4, -0.2) is 6.54 Å². The van der Waals surface area contributed by atoms with Crippen molar-refractivity contribution in [1.82, 2.24) is 0 Å². The molecular weight excluding hydrogens is 206 g/mol. The molecule has 1 heteroatoms. The summed E-state index contributed by atoms with van der Waals surface area (Å²) in [6.45, 7) is 2.99. The Morgan fingerprint density at radius 1 is 1.12 bits per heavy atom. The van der Waals surface area contributed by atoms with Crippen molar-refractivity contribution in [2.45, 2.75) is 38.5 Å². The maximum absolute atomic E-state index is 5.45. The number of hydrogen-bond acceptors (Lipinski definition) is 1. The van der Waals surface area contributed by atoms with Gasteiger partial charge in [-0.1, -0.05) is 56.2 Å². The Morgan fingerprint density at radius 2 is 1.76 bits per heavy atom. The van der Waals surface area contributed by atoms with Crippen molar-refractivity contribution in [3.05, 3.63) is 41.5 Å². The quantitative estimate of drug-likeness (QED) is 0.834. The van der Waals surface area contributed by atoms with Crippen molar-refractivity contribution in [1.29, 1.82) is 0 Å². The van der Waals surface area contributed by atoms with E-state index in [4.69, 9.17) is 5.73 Å². The van der Waals surface area contributed by atoms with Crippen LogP contribution in [0.3, 0.4) is 0 Å². The Labute approximate surface area is 105 Å². The molecule has 0 bridgehead atoms. The Morgan fingerprint density at radius 3 is 2.35 bits per heavy atom. The first kappa shape index (κ1) is 12.4. The maximum atomic E-state index is 5.45. The molecule has 0 aromatic heterocycles. The maximum Gasteiger partial charge on any atom is 0.0110 e. The molecule has 0 unspecified atom stereocenters. The van der Waals surface area contributed by atoms with Crippen LogP contribution in [0.4, 0.5) is 0 Å². The fraction of sp³-hybridized carbons (Fsp3) is 0.500. The molecule has 1 aliphatic rings. The first-order chi connectivity index (χ1) is 8.29. The van der Waals surface area contributed by atoms with Crippen molar-refractivity contribution in [2.75, 3.05) is 6.54 Å². The van der Waals surface area contributed by atoms with Gasteiger partial charge in [-0.2, -0.15) is 0 Å². The van der Waals surface area contributed by atoms with E-state index in [0.717, 1.165) is 11.8 Å². The van der Waals surface area contributed by atoms with Crippen molar-refractivity contribution < 1.29 is 0 Å². The molecule has 1 aliphatic carbocycles. The van der Waals surface area contributed by atoms with Crippen molar-refractivity contribution in [3.8, 4) is 0 Å². The lowest BCUT2D eigenvalue weighted by Gasteiger charge is -2.26. The topological polar surface area (TPSA) is 26.0 Å². The summed E-state index contributed by atoms with van der Waals surface area (Å²) in [6, 6.07) is 8.99. The monoisotopic (exact) mass is 229 g/mol. The molecule has 0 radical (unpaired) electrons. The van der Waals surface area contributed by atoms with Crippen molar-refractivity contribution in [2.24, 2.45) is 11.7 Å². The highest BCUT2D eigenvalue weighted by atomic mass is 14.5. The Kier molecular flexibility index (Phi) is 4.38. The van der Waals surface area contributed by atoms with E-state index < -0.39 is 0 Å². The van der Waals surface area contributed by atoms with Crippen LogP contribution in [0.25, 0.3) is 6.08 Å². The van der Waals surface area contributed by atoms with Gasteiger partial charge in [-0.3, -0.25) is 0 Å². The summed E-state index contributed by atoms with van der Waals surface area (Å²) < 4.78 is 0. The molecule has 0 saturated heterocycles. The number of hydrogen-bond donors (Lipinski definition) is 1. The zero-order valence-electron chi connectivity index (χ0n) is 10.7. The van der Waals surface area contributed by atoms with Gasteiger partial charge < -0.3 is 5.73 Å². The first-order valence-electron chi connectivity index (χ1n) is 6.76. The van der Waals surface area contributed by atoms with E-state index in [2.05, 4.69) is 37.3 Å². The van der Waals surface area contributed by atoms with Crippen LogP contribution >= 0.6 is 0 Å². The third kappa shape index (κ3) is 3.44. The van der Waals surface area contributed by atoms with Crippen molar-refractivity contribution >= 4 is 6.08 Å². The lowest BCUT2D eigenvalue weighted by atomic mass is 9.79. The second-order valence-corrected chi connectivity index (χ2v) is 5.26. The van der Waals surface area contributed by atoms with E-state index in [1.54, 1.807) is 0 Å². The zero-order valence-corrected chi connectivity index (χ0v) is 10.7. The summed E-state index contributed by atoms with van der Waals surface area (Å²) in [4.78, 5) is 0. The molecule has 1 saturated carbocycles. The lowest BCUT2D eigenvalue weighted by Crippen LogP contribution is -2.10. The van der Waals surface area contributed by atoms with Gasteiger partial charge in [0.05, 0.1) is 0 Å². The van der Waals surface area contributed by atoms with E-state index in [1.165, 1.54) is 36.8 Å². The highest BCUT2D eigenvalue weighted by Crippen LogP contribution is 2.35. The van der Waals surface area contributed by atoms with Crippen LogP contribution in [0, 0.1) is 5.92 Å². The SMILES string of the molecule is CC1CCC(c2ccc(/C=C/CN)cc2)CC1. The molecule has 2 N–H and O–H groups in total. The molecule has 1 nitrogen and oxygen atoms in total. The van der Waals surface area contributed by atoms with E-state index in [9.17, 15) is 0 Å². The fourth-order valence-electron chi connectivity index (χ4n) is 2.68. The molecule has 17 heavy (non-hydrogen) atoms. The van der Waals surface area contributed by atoms with Gasteiger partial charge in [0.25, 0.3) is 0 Å². The highest BCUT2D eigenvalue weighted by molar-refractivity contribution is 5.50. The van der Waals surface area contributed by atoms with Gasteiger partial charge >= 0.3 is 0 Å². The highest BCUT2D eigenvalue weighted by Gasteiger charge is 2.19. The smallest absolute Gasteiger partial charge is 0.0110 e. The molecule has 0 amide bonds. The average molecular weight is 229 g/mol. The van der Waals surface area contributed by atoms with Crippen LogP contribution in [-0.2, 0) is 0 Å². The number of benzene rings is 1. The Balaban J connectivity index is 2.00. The average Bonchev–Trinajstić information content (AvgIpc) is 2.38. The minimum absolute atomic E-state index is 0.613. The summed E-state index contributed by atoms with van der Waals surface area (Å²) in [7, 11) is 0. The summed E-state index contributed by atoms with van der Waals surface area (Å²) in [5.74, 6) is 1.72. The lowest BCUT2D eigenvalue weighted by molar-refractivity contribution is 0.348. The Hall–Kier alpha value is -1.08. The van der Waals surface area contributed by atoms with Crippen LogP contribution < -0.4 is 5.73 Å². The van der Waals surface area contributed by atoms with Gasteiger partial charge in [0, 0.05) is 6.54 Å². The van der Waals surface area contributed by atoms with E-state index in [1.807, 2.05) is 6.08 Å². The molecule has 1 aromatic carbocycles. The summed E-state index contributed by atoms with van der Waals surface area (Å²) in [5, 5.41) is 0. The number of rotatable bonds is 3. The molecule has 0 aliphatic heterocycles. The minimum Gasteiger partial charge on any atom is -0.327 e. The van der Waals surface area contributed by atoms with E-state index in [0.29, 0.717) is 6.54 Å². The van der Waals surface area contributed by atoms with Gasteiger partial charge in [0.15, 0.2) is 0 Å². The largest absolute Gasteiger partial charge is 0.327 e. The molecule has 0 atom stereocenters. The van der Waals surface area contributed by atoms with Gasteiger partial charge in [0.2, 0.25) is 0 Å². The first-order valence-corrected chi connectivity index (χ1v) is 6.76. The normalized spacial score (nSPS) is 25.3. The van der Waals surface area contributed by atoms with Crippen LogP contribution in [0.15, 0.2) is 30.3 Å². The van der Waals surface area contributed by atoms with E-state index in [-0.39, 0.29) is 0 Å². The summed E-state index contributed by atoms with van der Waals surface area (Å²) in [6.07, 6.45) is 9.58. The van der Waals surface area contributed by atoms with Crippen molar-refractivity contribution in [3.63, 3.8) is 0 Å². The van der Waals surface area contributed by atoms with Gasteiger partial charge in [-0.05, 0) is 35.8 Å². The third-order valence-electron chi connectivity index (χ3n) is 3.87. The predicted octanol–water partition coefficient (Wildman–Crippen LogP) is 3.95. The molecule has 2 rings (SSSR count). The predicted molar refractivity (Wildman–Crippen MR) is 74.9 cm³/mol. The summed E-state index contributed by atoms with van der Waals surface area (Å²) in [5.41, 5.74) is 8.22. The zero-order chi connectivity index (χ0) is 12.1.